The van der Waals surface area contributed by atoms with Crippen LogP contribution in [0.3, 0.4) is 0 Å². The summed E-state index contributed by atoms with van der Waals surface area (Å²) in [6, 6.07) is 8.31. The van der Waals surface area contributed by atoms with Gasteiger partial charge >= 0.3 is 0 Å². The first-order chi connectivity index (χ1) is 13.4. The minimum absolute atomic E-state index is 0.663. The Labute approximate surface area is 166 Å². The van der Waals surface area contributed by atoms with Crippen LogP contribution >= 0.6 is 0 Å². The lowest BCUT2D eigenvalue weighted by molar-refractivity contribution is 1.12. The van der Waals surface area contributed by atoms with Gasteiger partial charge in [-0.2, -0.15) is 0 Å². The molecule has 0 amide bonds. The first-order valence-corrected chi connectivity index (χ1v) is 9.26. The number of nitrogens with one attached hydrogen (secondary N) is 3. The van der Waals surface area contributed by atoms with Crippen LogP contribution in [-0.2, 0) is 0 Å². The molecule has 0 fully saturated rings. The quantitative estimate of drug-likeness (QED) is 0.419. The molecule has 0 saturated carbocycles. The molecule has 0 unspecified atom stereocenters. The third-order valence-electron chi connectivity index (χ3n) is 4.53. The number of aromatic nitrogens is 2. The van der Waals surface area contributed by atoms with E-state index in [-0.39, 0.29) is 0 Å². The molecule has 0 bridgehead atoms. The van der Waals surface area contributed by atoms with Gasteiger partial charge in [-0.1, -0.05) is 18.2 Å². The molecule has 0 aliphatic rings. The summed E-state index contributed by atoms with van der Waals surface area (Å²) in [6.07, 6.45) is 5.92. The van der Waals surface area contributed by atoms with Crippen LogP contribution in [0.4, 0.5) is 5.69 Å². The lowest BCUT2D eigenvalue weighted by Gasteiger charge is -2.14. The van der Waals surface area contributed by atoms with Crippen molar-refractivity contribution in [3.8, 4) is 11.3 Å². The molecular weight excluding hydrogens is 346 g/mol. The SMILES string of the molecule is C=C(NC(C=C(C)C)=NC)Nc1ccc(C)c(-c2cc3[nH]cc(C)c3cn2)c1. The highest BCUT2D eigenvalue weighted by Gasteiger charge is 2.09. The van der Waals surface area contributed by atoms with Crippen LogP contribution in [0, 0.1) is 13.8 Å². The second-order valence-electron chi connectivity index (χ2n) is 7.18. The first-order valence-electron chi connectivity index (χ1n) is 9.26. The van der Waals surface area contributed by atoms with Gasteiger partial charge in [-0.05, 0) is 63.1 Å². The maximum Gasteiger partial charge on any atom is 0.126 e. The molecule has 0 spiro atoms. The molecule has 0 aliphatic carbocycles. The normalized spacial score (nSPS) is 11.4. The van der Waals surface area contributed by atoms with Crippen molar-refractivity contribution in [2.45, 2.75) is 27.7 Å². The smallest absolute Gasteiger partial charge is 0.126 e. The first kappa shape index (κ1) is 19.4. The van der Waals surface area contributed by atoms with Crippen LogP contribution in [0.25, 0.3) is 22.2 Å². The molecule has 0 radical (unpaired) electrons. The molecule has 1 aromatic carbocycles. The number of allylic oxidation sites excluding steroid dienone is 1. The molecule has 5 nitrogen and oxygen atoms in total. The van der Waals surface area contributed by atoms with Gasteiger partial charge in [0.05, 0.1) is 5.69 Å². The third-order valence-corrected chi connectivity index (χ3v) is 4.53. The number of aliphatic imine (C=N–C) groups is 1. The van der Waals surface area contributed by atoms with Crippen molar-refractivity contribution in [1.82, 2.24) is 15.3 Å². The Morgan fingerprint density at radius 1 is 1.18 bits per heavy atom. The van der Waals surface area contributed by atoms with E-state index in [0.717, 1.165) is 33.7 Å². The summed E-state index contributed by atoms with van der Waals surface area (Å²) in [5, 5.41) is 7.65. The van der Waals surface area contributed by atoms with Gasteiger partial charge in [-0.25, -0.2) is 0 Å². The number of anilines is 1. The fraction of sp³-hybridized carbons (Fsp3) is 0.217. The highest BCUT2D eigenvalue weighted by atomic mass is 15.1. The molecule has 28 heavy (non-hydrogen) atoms. The zero-order valence-electron chi connectivity index (χ0n) is 17.1. The Hall–Kier alpha value is -3.34. The maximum atomic E-state index is 4.67. The number of aromatic amines is 1. The van der Waals surface area contributed by atoms with Crippen molar-refractivity contribution in [3.05, 3.63) is 71.8 Å². The fourth-order valence-electron chi connectivity index (χ4n) is 3.07. The summed E-state index contributed by atoms with van der Waals surface area (Å²) in [7, 11) is 1.75. The summed E-state index contributed by atoms with van der Waals surface area (Å²) < 4.78 is 0. The maximum absolute atomic E-state index is 4.67. The van der Waals surface area contributed by atoms with Gasteiger partial charge in [0.25, 0.3) is 0 Å². The average Bonchev–Trinajstić information content (AvgIpc) is 3.02. The average molecular weight is 374 g/mol. The number of benzene rings is 1. The molecular formula is C23H27N5. The predicted molar refractivity (Wildman–Crippen MR) is 120 cm³/mol. The van der Waals surface area contributed by atoms with Crippen LogP contribution in [0.1, 0.15) is 25.0 Å². The number of aryl methyl sites for hydroxylation is 2. The molecule has 2 aromatic heterocycles. The Morgan fingerprint density at radius 2 is 1.96 bits per heavy atom. The van der Waals surface area contributed by atoms with Gasteiger partial charge in [0.15, 0.2) is 0 Å². The molecule has 3 rings (SSSR count). The van der Waals surface area contributed by atoms with Gasteiger partial charge in [0.1, 0.15) is 11.7 Å². The zero-order valence-corrected chi connectivity index (χ0v) is 17.1. The van der Waals surface area contributed by atoms with Gasteiger partial charge in [0, 0.05) is 41.6 Å². The van der Waals surface area contributed by atoms with Gasteiger partial charge in [-0.3, -0.25) is 9.98 Å². The van der Waals surface area contributed by atoms with Gasteiger partial charge < -0.3 is 15.6 Å². The van der Waals surface area contributed by atoms with E-state index in [9.17, 15) is 0 Å². The lowest BCUT2D eigenvalue weighted by atomic mass is 10.0. The van der Waals surface area contributed by atoms with E-state index < -0.39 is 0 Å². The van der Waals surface area contributed by atoms with E-state index in [0.29, 0.717) is 5.82 Å². The van der Waals surface area contributed by atoms with Crippen molar-refractivity contribution in [2.24, 2.45) is 4.99 Å². The van der Waals surface area contributed by atoms with Crippen LogP contribution in [0.5, 0.6) is 0 Å². The summed E-state index contributed by atoms with van der Waals surface area (Å²) in [4.78, 5) is 12.2. The molecule has 144 valence electrons. The number of fused-ring (bicyclic) bond motifs is 1. The van der Waals surface area contributed by atoms with Gasteiger partial charge in [-0.15, -0.1) is 0 Å². The lowest BCUT2D eigenvalue weighted by Crippen LogP contribution is -2.25. The Morgan fingerprint density at radius 3 is 2.68 bits per heavy atom. The number of hydrogen-bond donors (Lipinski definition) is 3. The number of hydrogen-bond acceptors (Lipinski definition) is 3. The number of rotatable bonds is 5. The number of nitrogens with zero attached hydrogens (tertiary/aromatic N) is 2. The number of amidine groups is 1. The molecule has 3 aromatic rings. The fourth-order valence-corrected chi connectivity index (χ4v) is 3.07. The second kappa shape index (κ2) is 8.13. The molecule has 0 atom stereocenters. The van der Waals surface area contributed by atoms with E-state index in [4.69, 9.17) is 0 Å². The summed E-state index contributed by atoms with van der Waals surface area (Å²) in [5.74, 6) is 1.43. The summed E-state index contributed by atoms with van der Waals surface area (Å²) in [5.41, 5.74) is 7.59. The molecule has 2 heterocycles. The minimum Gasteiger partial charge on any atom is -0.361 e. The van der Waals surface area contributed by atoms with Crippen LogP contribution in [0.2, 0.25) is 0 Å². The minimum atomic E-state index is 0.663. The van der Waals surface area contributed by atoms with E-state index in [1.165, 1.54) is 16.7 Å². The van der Waals surface area contributed by atoms with Gasteiger partial charge in [0.2, 0.25) is 0 Å². The topological polar surface area (TPSA) is 65.1 Å². The van der Waals surface area contributed by atoms with E-state index in [1.807, 2.05) is 38.4 Å². The van der Waals surface area contributed by atoms with Crippen molar-refractivity contribution < 1.29 is 0 Å². The predicted octanol–water partition coefficient (Wildman–Crippen LogP) is 5.31. The largest absolute Gasteiger partial charge is 0.361 e. The van der Waals surface area contributed by atoms with Crippen molar-refractivity contribution in [1.29, 1.82) is 0 Å². The van der Waals surface area contributed by atoms with E-state index >= 15 is 0 Å². The number of H-pyrrole nitrogens is 1. The van der Waals surface area contributed by atoms with E-state index in [2.05, 4.69) is 64.2 Å². The summed E-state index contributed by atoms with van der Waals surface area (Å²) in [6.45, 7) is 12.3. The Bertz CT molecular complexity index is 1080. The third kappa shape index (κ3) is 4.31. The van der Waals surface area contributed by atoms with Crippen molar-refractivity contribution >= 4 is 22.4 Å². The second-order valence-corrected chi connectivity index (χ2v) is 7.18. The van der Waals surface area contributed by atoms with Crippen LogP contribution < -0.4 is 10.6 Å². The van der Waals surface area contributed by atoms with Crippen LogP contribution in [-0.4, -0.2) is 22.9 Å². The summed E-state index contributed by atoms with van der Waals surface area (Å²) >= 11 is 0. The van der Waals surface area contributed by atoms with Crippen molar-refractivity contribution in [3.63, 3.8) is 0 Å². The molecule has 0 aliphatic heterocycles. The Kier molecular flexibility index (Phi) is 5.64. The number of pyridine rings is 1. The molecule has 5 heteroatoms. The van der Waals surface area contributed by atoms with Crippen molar-refractivity contribution in [2.75, 3.05) is 12.4 Å². The van der Waals surface area contributed by atoms with E-state index in [1.54, 1.807) is 7.05 Å². The van der Waals surface area contributed by atoms with Crippen LogP contribution in [0.15, 0.2) is 65.7 Å². The molecule has 3 N–H and O–H groups in total. The monoisotopic (exact) mass is 373 g/mol. The highest BCUT2D eigenvalue weighted by molar-refractivity contribution is 5.94. The molecule has 0 saturated heterocycles. The Balaban J connectivity index is 1.84. The zero-order chi connectivity index (χ0) is 20.3. The highest BCUT2D eigenvalue weighted by Crippen LogP contribution is 2.28. The standard InChI is InChI=1S/C23H27N5/c1-14(2)9-23(24-6)28-17(5)27-18-8-7-15(3)19(10-18)21-11-22-20(13-26-21)16(4)12-25-22/h7-13,25,27H,5H2,1-4,6H3,(H,24,28).